The van der Waals surface area contributed by atoms with Crippen molar-refractivity contribution in [2.45, 2.75) is 121 Å². The van der Waals surface area contributed by atoms with Crippen molar-refractivity contribution in [1.29, 1.82) is 0 Å². The summed E-state index contributed by atoms with van der Waals surface area (Å²) >= 11 is 0. The Morgan fingerprint density at radius 2 is 1.86 bits per heavy atom. The molecule has 0 bridgehead atoms. The molecule has 2 unspecified atom stereocenters. The van der Waals surface area contributed by atoms with Crippen LogP contribution >= 0.6 is 0 Å². The Hall–Kier alpha value is -4.40. The van der Waals surface area contributed by atoms with E-state index >= 15 is 4.79 Å². The fraction of sp³-hybridized carbons (Fsp3) is 0.634. The third kappa shape index (κ3) is 7.92. The Morgan fingerprint density at radius 1 is 1.11 bits per heavy atom. The normalized spacial score (nSPS) is 31.4. The number of nitrogens with zero attached hydrogens (tertiary/aromatic N) is 3. The topological polar surface area (TPSA) is 185 Å². The molecule has 15 heteroatoms. The van der Waals surface area contributed by atoms with Crippen LogP contribution < -0.4 is 19.5 Å². The highest BCUT2D eigenvalue weighted by molar-refractivity contribution is 7.91. The Balaban J connectivity index is 1.24. The summed E-state index contributed by atoms with van der Waals surface area (Å²) in [6.45, 7) is 10.1. The molecule has 2 aromatic rings. The van der Waals surface area contributed by atoms with Gasteiger partial charge >= 0.3 is 6.09 Å². The highest BCUT2D eigenvalue weighted by Gasteiger charge is 2.63. The van der Waals surface area contributed by atoms with Crippen LogP contribution in [0.3, 0.4) is 0 Å². The van der Waals surface area contributed by atoms with Crippen molar-refractivity contribution >= 4 is 44.6 Å². The van der Waals surface area contributed by atoms with Gasteiger partial charge in [-0.15, -0.1) is 0 Å². The van der Waals surface area contributed by atoms with Crippen LogP contribution in [0.25, 0.3) is 10.8 Å². The van der Waals surface area contributed by atoms with Crippen LogP contribution in [-0.4, -0.2) is 100 Å². The number of carboxylic acid groups (broad SMARTS) is 1. The van der Waals surface area contributed by atoms with E-state index in [1.165, 1.54) is 9.80 Å². The van der Waals surface area contributed by atoms with E-state index in [-0.39, 0.29) is 43.2 Å². The molecule has 0 radical (unpaired) electrons. The molecule has 4 amide bonds. The lowest BCUT2D eigenvalue weighted by Crippen LogP contribution is -2.60. The monoisotopic (exact) mass is 793 g/mol. The molecule has 5 aliphatic rings. The van der Waals surface area contributed by atoms with E-state index in [1.54, 1.807) is 13.1 Å². The first-order chi connectivity index (χ1) is 26.5. The van der Waals surface area contributed by atoms with E-state index in [9.17, 15) is 27.9 Å². The molecule has 304 valence electrons. The SMILES string of the molecule is CCOc1ccc2c(O[C@@H]3C[C@H]4C(=O)NC5(C(=O)NS(=O)(=O)C6(C)CC6)CC5/C=C\CC[C@H](C)C[C@@H](C)[C@H](N(CC5(C)CC5)C(=O)O)C(=O)N4C3)nccc2c1. The van der Waals surface area contributed by atoms with Crippen LogP contribution in [0, 0.1) is 23.2 Å². The molecule has 56 heavy (non-hydrogen) atoms. The lowest BCUT2D eigenvalue weighted by molar-refractivity contribution is -0.144. The predicted octanol–water partition coefficient (Wildman–Crippen LogP) is 5.02. The highest BCUT2D eigenvalue weighted by atomic mass is 32.2. The van der Waals surface area contributed by atoms with Gasteiger partial charge in [0.25, 0.3) is 5.91 Å². The van der Waals surface area contributed by atoms with Crippen molar-refractivity contribution in [3.63, 3.8) is 0 Å². The molecule has 3 aliphatic carbocycles. The first kappa shape index (κ1) is 39.8. The van der Waals surface area contributed by atoms with E-state index in [2.05, 4.69) is 21.9 Å². The van der Waals surface area contributed by atoms with Gasteiger partial charge in [0.15, 0.2) is 0 Å². The van der Waals surface area contributed by atoms with Gasteiger partial charge in [0.1, 0.15) is 29.5 Å². The maximum atomic E-state index is 15.1. The Morgan fingerprint density at radius 3 is 2.54 bits per heavy atom. The van der Waals surface area contributed by atoms with Crippen molar-refractivity contribution in [3.05, 3.63) is 42.6 Å². The Labute approximate surface area is 328 Å². The maximum Gasteiger partial charge on any atom is 0.408 e. The second-order valence-electron chi connectivity index (χ2n) is 17.6. The van der Waals surface area contributed by atoms with Crippen LogP contribution in [0.2, 0.25) is 0 Å². The summed E-state index contributed by atoms with van der Waals surface area (Å²) in [5, 5.41) is 15.1. The summed E-state index contributed by atoms with van der Waals surface area (Å²) in [6, 6.07) is 5.15. The summed E-state index contributed by atoms with van der Waals surface area (Å²) in [7, 11) is -4.01. The van der Waals surface area contributed by atoms with Gasteiger partial charge in [-0.3, -0.25) is 24.0 Å². The van der Waals surface area contributed by atoms with Crippen LogP contribution in [0.4, 0.5) is 4.79 Å². The van der Waals surface area contributed by atoms with Crippen LogP contribution in [0.5, 0.6) is 11.6 Å². The quantitative estimate of drug-likeness (QED) is 0.276. The van der Waals surface area contributed by atoms with Gasteiger partial charge in [-0.1, -0.05) is 32.9 Å². The number of fused-ring (bicyclic) bond motifs is 3. The van der Waals surface area contributed by atoms with Gasteiger partial charge in [0, 0.05) is 30.5 Å². The number of hydrogen-bond donors (Lipinski definition) is 3. The Kier molecular flexibility index (Phi) is 10.5. The third-order valence-corrected chi connectivity index (χ3v) is 14.9. The van der Waals surface area contributed by atoms with Gasteiger partial charge < -0.3 is 24.8 Å². The molecular weight excluding hydrogens is 739 g/mol. The third-order valence-electron chi connectivity index (χ3n) is 12.7. The lowest BCUT2D eigenvalue weighted by atomic mass is 9.86. The molecular formula is C41H55N5O9S. The molecule has 1 aromatic heterocycles. The van der Waals surface area contributed by atoms with Crippen molar-refractivity contribution < 1.29 is 42.2 Å². The molecule has 3 heterocycles. The van der Waals surface area contributed by atoms with E-state index in [1.807, 2.05) is 57.2 Å². The molecule has 0 spiro atoms. The van der Waals surface area contributed by atoms with Gasteiger partial charge in [0.2, 0.25) is 27.7 Å². The molecule has 1 saturated heterocycles. The zero-order chi connectivity index (χ0) is 40.2. The second kappa shape index (κ2) is 14.8. The number of carbonyl (C=O) groups is 4. The number of nitrogens with one attached hydrogen (secondary N) is 2. The fourth-order valence-electron chi connectivity index (χ4n) is 8.52. The average Bonchev–Trinajstić information content (AvgIpc) is 4.10. The molecule has 4 fully saturated rings. The standard InChI is InChI=1S/C41H55N5O9S/c1-6-54-29-11-12-31-27(20-29)13-18-42-35(31)55-30-21-32-34(47)43-41(37(49)44-56(52,53)40(5)16-17-40)22-28(41)10-8-7-9-25(2)19-26(3)33(36(48)45(32)23-30)46(38(50)51)24-39(4)14-15-39/h8,10-13,18,20,25-26,28,30,32-33H,6-7,9,14-17,19,21-24H2,1-5H3,(H,43,47)(H,44,49)(H,50,51)/b10-8-/t25-,26+,28?,30+,32-,33-,41?/m0/s1. The number of ether oxygens (including phenoxy) is 2. The molecule has 2 aliphatic heterocycles. The first-order valence-corrected chi connectivity index (χ1v) is 21.5. The molecule has 3 N–H and O–H groups in total. The van der Waals surface area contributed by atoms with Crippen molar-refractivity contribution in [2.24, 2.45) is 23.2 Å². The second-order valence-corrected chi connectivity index (χ2v) is 19.8. The van der Waals surface area contributed by atoms with E-state index in [0.717, 1.165) is 24.6 Å². The lowest BCUT2D eigenvalue weighted by Gasteiger charge is -2.38. The zero-order valence-corrected chi connectivity index (χ0v) is 33.8. The van der Waals surface area contributed by atoms with Crippen molar-refractivity contribution in [2.75, 3.05) is 19.7 Å². The number of sulfonamides is 1. The smallest absolute Gasteiger partial charge is 0.408 e. The van der Waals surface area contributed by atoms with Crippen LogP contribution in [-0.2, 0) is 24.4 Å². The molecule has 7 rings (SSSR count). The van der Waals surface area contributed by atoms with E-state index in [4.69, 9.17) is 9.47 Å². The molecule has 7 atom stereocenters. The fourth-order valence-corrected chi connectivity index (χ4v) is 9.83. The minimum atomic E-state index is -4.01. The summed E-state index contributed by atoms with van der Waals surface area (Å²) in [4.78, 5) is 63.9. The van der Waals surface area contributed by atoms with Crippen LogP contribution in [0.1, 0.15) is 92.4 Å². The number of pyridine rings is 1. The zero-order valence-electron chi connectivity index (χ0n) is 33.0. The maximum absolute atomic E-state index is 15.1. The van der Waals surface area contributed by atoms with Gasteiger partial charge in [-0.25, -0.2) is 18.2 Å². The van der Waals surface area contributed by atoms with Crippen molar-refractivity contribution in [1.82, 2.24) is 24.8 Å². The average molecular weight is 794 g/mol. The number of carbonyl (C=O) groups excluding carboxylic acids is 3. The number of amides is 4. The number of allylic oxidation sites excluding steroid dienone is 1. The number of rotatable bonds is 10. The summed E-state index contributed by atoms with van der Waals surface area (Å²) in [5.41, 5.74) is -1.78. The van der Waals surface area contributed by atoms with E-state index < -0.39 is 68.2 Å². The highest BCUT2D eigenvalue weighted by Crippen LogP contribution is 2.48. The molecule has 3 saturated carbocycles. The first-order valence-electron chi connectivity index (χ1n) is 20.0. The summed E-state index contributed by atoms with van der Waals surface area (Å²) in [5.74, 6) is -1.66. The van der Waals surface area contributed by atoms with Gasteiger partial charge in [-0.05, 0) is 112 Å². The number of benzene rings is 1. The largest absolute Gasteiger partial charge is 0.494 e. The van der Waals surface area contributed by atoms with Gasteiger partial charge in [0.05, 0.1) is 17.9 Å². The van der Waals surface area contributed by atoms with Gasteiger partial charge in [-0.2, -0.15) is 0 Å². The summed E-state index contributed by atoms with van der Waals surface area (Å²) in [6.07, 6.45) is 8.31. The van der Waals surface area contributed by atoms with Crippen LogP contribution in [0.15, 0.2) is 42.6 Å². The minimum absolute atomic E-state index is 0.0313. The van der Waals surface area contributed by atoms with E-state index in [0.29, 0.717) is 49.3 Å². The molecule has 1 aromatic carbocycles. The minimum Gasteiger partial charge on any atom is -0.494 e. The predicted molar refractivity (Wildman–Crippen MR) is 208 cm³/mol. The molecule has 14 nitrogen and oxygen atoms in total. The Bertz CT molecular complexity index is 2030. The van der Waals surface area contributed by atoms with Crippen molar-refractivity contribution in [3.8, 4) is 11.6 Å². The number of hydrogen-bond acceptors (Lipinski definition) is 9. The summed E-state index contributed by atoms with van der Waals surface area (Å²) < 4.78 is 39.9. The number of aromatic nitrogens is 1.